The van der Waals surface area contributed by atoms with Crippen molar-refractivity contribution in [1.29, 1.82) is 0 Å². The number of carbonyl (C=O) groups is 1. The number of aromatic nitrogens is 1. The van der Waals surface area contributed by atoms with Crippen molar-refractivity contribution in [1.82, 2.24) is 10.3 Å². The van der Waals surface area contributed by atoms with Crippen LogP contribution in [0, 0.1) is 6.92 Å². The Labute approximate surface area is 170 Å². The highest BCUT2D eigenvalue weighted by Gasteiger charge is 2.04. The van der Waals surface area contributed by atoms with Gasteiger partial charge in [0.2, 0.25) is 5.91 Å². The van der Waals surface area contributed by atoms with E-state index in [0.29, 0.717) is 18.9 Å². The van der Waals surface area contributed by atoms with E-state index in [4.69, 9.17) is 4.74 Å². The molecule has 0 radical (unpaired) electrons. The zero-order chi connectivity index (χ0) is 19.6. The van der Waals surface area contributed by atoms with Crippen LogP contribution in [-0.2, 0) is 23.7 Å². The minimum Gasteiger partial charge on any atom is -0.487 e. The first-order valence-electron chi connectivity index (χ1n) is 9.21. The van der Waals surface area contributed by atoms with E-state index in [-0.39, 0.29) is 5.91 Å². The maximum atomic E-state index is 12.1. The van der Waals surface area contributed by atoms with Crippen LogP contribution in [0.5, 0.6) is 5.75 Å². The molecule has 3 rings (SSSR count). The van der Waals surface area contributed by atoms with Gasteiger partial charge in [0, 0.05) is 18.5 Å². The van der Waals surface area contributed by atoms with Crippen LogP contribution in [0.25, 0.3) is 0 Å². The average Bonchev–Trinajstić information content (AvgIpc) is 2.73. The van der Waals surface area contributed by atoms with Crippen LogP contribution in [0.1, 0.15) is 22.4 Å². The van der Waals surface area contributed by atoms with E-state index in [1.165, 1.54) is 11.1 Å². The molecule has 0 aliphatic heterocycles. The Kier molecular flexibility index (Phi) is 7.50. The first-order chi connectivity index (χ1) is 13.7. The molecular formula is C23H24N2O2S. The normalized spacial score (nSPS) is 10.5. The number of nitrogens with one attached hydrogen (secondary N) is 1. The monoisotopic (exact) mass is 392 g/mol. The van der Waals surface area contributed by atoms with Gasteiger partial charge in [0.05, 0.1) is 11.4 Å². The topological polar surface area (TPSA) is 51.2 Å². The second-order valence-electron chi connectivity index (χ2n) is 6.51. The van der Waals surface area contributed by atoms with Crippen molar-refractivity contribution in [2.45, 2.75) is 25.8 Å². The molecule has 0 saturated carbocycles. The van der Waals surface area contributed by atoms with Crippen molar-refractivity contribution in [3.63, 3.8) is 0 Å². The number of hydrogen-bond acceptors (Lipinski definition) is 4. The van der Waals surface area contributed by atoms with Crippen molar-refractivity contribution < 1.29 is 9.53 Å². The molecule has 0 atom stereocenters. The predicted molar refractivity (Wildman–Crippen MR) is 114 cm³/mol. The lowest BCUT2D eigenvalue weighted by Crippen LogP contribution is -2.24. The van der Waals surface area contributed by atoms with E-state index in [9.17, 15) is 4.79 Å². The van der Waals surface area contributed by atoms with Gasteiger partial charge in [-0.2, -0.15) is 0 Å². The maximum Gasteiger partial charge on any atom is 0.230 e. The number of aryl methyl sites for hydroxylation is 1. The van der Waals surface area contributed by atoms with Crippen molar-refractivity contribution >= 4 is 17.7 Å². The van der Waals surface area contributed by atoms with Gasteiger partial charge in [-0.05, 0) is 42.3 Å². The van der Waals surface area contributed by atoms with Crippen LogP contribution in [0.3, 0.4) is 0 Å². The fourth-order valence-electron chi connectivity index (χ4n) is 2.58. The summed E-state index contributed by atoms with van der Waals surface area (Å²) in [6.45, 7) is 2.99. The quantitative estimate of drug-likeness (QED) is 0.582. The Morgan fingerprint density at radius 1 is 1.04 bits per heavy atom. The molecule has 3 aromatic rings. The molecule has 1 heterocycles. The van der Waals surface area contributed by atoms with Gasteiger partial charge in [0.25, 0.3) is 0 Å². The zero-order valence-electron chi connectivity index (χ0n) is 15.9. The predicted octanol–water partition coefficient (Wildman–Crippen LogP) is 4.52. The van der Waals surface area contributed by atoms with Crippen LogP contribution in [0.4, 0.5) is 0 Å². The van der Waals surface area contributed by atoms with E-state index < -0.39 is 0 Å². The number of benzene rings is 2. The Morgan fingerprint density at radius 2 is 1.89 bits per heavy atom. The van der Waals surface area contributed by atoms with Gasteiger partial charge in [-0.25, -0.2) is 0 Å². The number of thioether (sulfide) groups is 1. The molecule has 0 aliphatic rings. The molecule has 0 spiro atoms. The van der Waals surface area contributed by atoms with Gasteiger partial charge in [0.1, 0.15) is 12.4 Å². The molecular weight excluding hydrogens is 368 g/mol. The molecule has 5 heteroatoms. The molecule has 4 nitrogen and oxygen atoms in total. The summed E-state index contributed by atoms with van der Waals surface area (Å²) in [5.41, 5.74) is 4.38. The molecule has 144 valence electrons. The number of carbonyl (C=O) groups excluding carboxylic acids is 1. The summed E-state index contributed by atoms with van der Waals surface area (Å²) in [7, 11) is 0. The van der Waals surface area contributed by atoms with E-state index in [1.54, 1.807) is 18.0 Å². The van der Waals surface area contributed by atoms with Crippen LogP contribution in [0.15, 0.2) is 72.9 Å². The third-order valence-electron chi connectivity index (χ3n) is 4.12. The molecule has 2 aromatic carbocycles. The van der Waals surface area contributed by atoms with Gasteiger partial charge < -0.3 is 10.1 Å². The number of pyridine rings is 1. The summed E-state index contributed by atoms with van der Waals surface area (Å²) in [6, 6.07) is 21.9. The SMILES string of the molecule is Cc1ccc(CSCC(=O)NCc2cccc(OCc3ccccn3)c2)cc1. The summed E-state index contributed by atoms with van der Waals surface area (Å²) in [5, 5.41) is 2.97. The van der Waals surface area contributed by atoms with Crippen molar-refractivity contribution in [3.8, 4) is 5.75 Å². The Balaban J connectivity index is 1.40. The van der Waals surface area contributed by atoms with E-state index in [2.05, 4.69) is 41.5 Å². The number of rotatable bonds is 9. The smallest absolute Gasteiger partial charge is 0.230 e. The summed E-state index contributed by atoms with van der Waals surface area (Å²) >= 11 is 1.62. The number of nitrogens with zero attached hydrogens (tertiary/aromatic N) is 1. The number of hydrogen-bond donors (Lipinski definition) is 1. The first kappa shape index (κ1) is 20.0. The van der Waals surface area contributed by atoms with Crippen LogP contribution >= 0.6 is 11.8 Å². The number of amides is 1. The second kappa shape index (κ2) is 10.5. The van der Waals surface area contributed by atoms with Crippen LogP contribution in [0.2, 0.25) is 0 Å². The highest BCUT2D eigenvalue weighted by Crippen LogP contribution is 2.15. The molecule has 0 bridgehead atoms. The van der Waals surface area contributed by atoms with Gasteiger partial charge in [-0.1, -0.05) is 48.0 Å². The summed E-state index contributed by atoms with van der Waals surface area (Å²) in [6.07, 6.45) is 1.75. The zero-order valence-corrected chi connectivity index (χ0v) is 16.7. The maximum absolute atomic E-state index is 12.1. The van der Waals surface area contributed by atoms with E-state index in [0.717, 1.165) is 22.8 Å². The standard InChI is InChI=1S/C23H24N2O2S/c1-18-8-10-19(11-9-18)16-28-17-23(26)25-14-20-5-4-7-22(13-20)27-15-21-6-2-3-12-24-21/h2-13H,14-17H2,1H3,(H,25,26). The Bertz CT molecular complexity index is 883. The Morgan fingerprint density at radius 3 is 2.68 bits per heavy atom. The van der Waals surface area contributed by atoms with Crippen molar-refractivity contribution in [3.05, 3.63) is 95.3 Å². The van der Waals surface area contributed by atoms with Gasteiger partial charge >= 0.3 is 0 Å². The highest BCUT2D eigenvalue weighted by atomic mass is 32.2. The molecule has 28 heavy (non-hydrogen) atoms. The van der Waals surface area contributed by atoms with E-state index in [1.807, 2.05) is 42.5 Å². The molecule has 0 unspecified atom stereocenters. The molecule has 0 aliphatic carbocycles. The largest absolute Gasteiger partial charge is 0.487 e. The van der Waals surface area contributed by atoms with Crippen molar-refractivity contribution in [2.75, 3.05) is 5.75 Å². The molecule has 0 saturated heterocycles. The molecule has 1 amide bonds. The number of ether oxygens (including phenoxy) is 1. The summed E-state index contributed by atoms with van der Waals surface area (Å²) in [4.78, 5) is 16.3. The van der Waals surface area contributed by atoms with Crippen molar-refractivity contribution in [2.24, 2.45) is 0 Å². The second-order valence-corrected chi connectivity index (χ2v) is 7.50. The average molecular weight is 393 g/mol. The fourth-order valence-corrected chi connectivity index (χ4v) is 3.40. The molecule has 1 N–H and O–H groups in total. The molecule has 1 aromatic heterocycles. The third-order valence-corrected chi connectivity index (χ3v) is 5.13. The van der Waals surface area contributed by atoms with Crippen LogP contribution < -0.4 is 10.1 Å². The minimum atomic E-state index is 0.0388. The van der Waals surface area contributed by atoms with Gasteiger partial charge in [0.15, 0.2) is 0 Å². The first-order valence-corrected chi connectivity index (χ1v) is 10.4. The lowest BCUT2D eigenvalue weighted by Gasteiger charge is -2.09. The molecule has 0 fully saturated rings. The highest BCUT2D eigenvalue weighted by molar-refractivity contribution is 7.99. The summed E-state index contributed by atoms with van der Waals surface area (Å²) < 4.78 is 5.78. The van der Waals surface area contributed by atoms with Crippen LogP contribution in [-0.4, -0.2) is 16.6 Å². The lowest BCUT2D eigenvalue weighted by atomic mass is 10.2. The Hall–Kier alpha value is -2.79. The fraction of sp³-hybridized carbons (Fsp3) is 0.217. The van der Waals surface area contributed by atoms with Gasteiger partial charge in [-0.3, -0.25) is 9.78 Å². The minimum absolute atomic E-state index is 0.0388. The lowest BCUT2D eigenvalue weighted by molar-refractivity contribution is -0.118. The summed E-state index contributed by atoms with van der Waals surface area (Å²) in [5.74, 6) is 2.09. The van der Waals surface area contributed by atoms with Gasteiger partial charge in [-0.15, -0.1) is 11.8 Å². The van der Waals surface area contributed by atoms with E-state index >= 15 is 0 Å². The third kappa shape index (κ3) is 6.74.